The number of carbonyl (C=O) groups is 2. The minimum Gasteiger partial charge on any atom is -0.358 e. The molecule has 3 amide bonds. The molecule has 2 N–H and O–H groups in total. The molecule has 0 aliphatic carbocycles. The number of amides is 3. The lowest BCUT2D eigenvalue weighted by molar-refractivity contribution is -0.137. The third-order valence-corrected chi connectivity index (χ3v) is 3.75. The Morgan fingerprint density at radius 1 is 1.17 bits per heavy atom. The van der Waals surface area contributed by atoms with E-state index in [1.165, 1.54) is 17.0 Å². The molecule has 0 radical (unpaired) electrons. The number of nitrogens with zero attached hydrogens (tertiary/aromatic N) is 2. The van der Waals surface area contributed by atoms with Gasteiger partial charge in [0.15, 0.2) is 0 Å². The molecule has 1 fully saturated rings. The number of anilines is 1. The van der Waals surface area contributed by atoms with Crippen molar-refractivity contribution in [1.82, 2.24) is 15.1 Å². The van der Waals surface area contributed by atoms with Gasteiger partial charge in [0.05, 0.1) is 12.1 Å². The van der Waals surface area contributed by atoms with E-state index < -0.39 is 17.8 Å². The molecule has 1 aromatic rings. The van der Waals surface area contributed by atoms with Gasteiger partial charge in [-0.3, -0.25) is 9.69 Å². The highest BCUT2D eigenvalue weighted by atomic mass is 19.4. The number of hydrogen-bond acceptors (Lipinski definition) is 3. The molecule has 24 heavy (non-hydrogen) atoms. The van der Waals surface area contributed by atoms with Crippen molar-refractivity contribution in [3.63, 3.8) is 0 Å². The Labute approximate surface area is 137 Å². The van der Waals surface area contributed by atoms with E-state index in [1.807, 2.05) is 4.90 Å². The highest BCUT2D eigenvalue weighted by Gasteiger charge is 2.30. The average Bonchev–Trinajstić information content (AvgIpc) is 2.54. The summed E-state index contributed by atoms with van der Waals surface area (Å²) in [6, 6.07) is 4.07. The molecule has 0 bridgehead atoms. The van der Waals surface area contributed by atoms with Gasteiger partial charge in [0, 0.05) is 38.9 Å². The van der Waals surface area contributed by atoms with E-state index in [-0.39, 0.29) is 18.1 Å². The van der Waals surface area contributed by atoms with Crippen LogP contribution in [0.4, 0.5) is 23.7 Å². The van der Waals surface area contributed by atoms with Gasteiger partial charge in [0.2, 0.25) is 5.91 Å². The topological polar surface area (TPSA) is 64.7 Å². The van der Waals surface area contributed by atoms with Gasteiger partial charge in [-0.2, -0.15) is 13.2 Å². The summed E-state index contributed by atoms with van der Waals surface area (Å²) in [5, 5.41) is 5.01. The number of urea groups is 1. The van der Waals surface area contributed by atoms with Crippen molar-refractivity contribution in [2.75, 3.05) is 45.1 Å². The summed E-state index contributed by atoms with van der Waals surface area (Å²) in [6.45, 7) is 2.13. The second-order valence-corrected chi connectivity index (χ2v) is 5.45. The quantitative estimate of drug-likeness (QED) is 0.875. The van der Waals surface area contributed by atoms with Crippen LogP contribution in [0, 0.1) is 0 Å². The standard InChI is InChI=1S/C15H19F3N4O2/c1-19-13(23)10-21-5-7-22(8-6-21)14(24)20-12-4-2-3-11(9-12)15(16,17)18/h2-4,9H,5-8,10H2,1H3,(H,19,23)(H,20,24). The first-order valence-corrected chi connectivity index (χ1v) is 7.45. The van der Waals surface area contributed by atoms with Gasteiger partial charge in [-0.1, -0.05) is 6.07 Å². The third-order valence-electron chi connectivity index (χ3n) is 3.75. The van der Waals surface area contributed by atoms with Crippen LogP contribution < -0.4 is 10.6 Å². The van der Waals surface area contributed by atoms with E-state index in [0.717, 1.165) is 12.1 Å². The number of nitrogens with one attached hydrogen (secondary N) is 2. The minimum atomic E-state index is -4.45. The molecule has 0 saturated carbocycles. The molecule has 0 aromatic heterocycles. The van der Waals surface area contributed by atoms with Crippen LogP contribution in [-0.4, -0.2) is 61.5 Å². The Morgan fingerprint density at radius 2 is 1.83 bits per heavy atom. The first kappa shape index (κ1) is 18.1. The Kier molecular flexibility index (Phi) is 5.66. The normalized spacial score (nSPS) is 15.9. The molecule has 6 nitrogen and oxygen atoms in total. The first-order valence-electron chi connectivity index (χ1n) is 7.45. The molecule has 132 valence electrons. The van der Waals surface area contributed by atoms with E-state index in [9.17, 15) is 22.8 Å². The number of halogens is 3. The number of carbonyl (C=O) groups excluding carboxylic acids is 2. The summed E-state index contributed by atoms with van der Waals surface area (Å²) >= 11 is 0. The Morgan fingerprint density at radius 3 is 2.42 bits per heavy atom. The van der Waals surface area contributed by atoms with Crippen molar-refractivity contribution in [2.45, 2.75) is 6.18 Å². The van der Waals surface area contributed by atoms with Gasteiger partial charge in [0.1, 0.15) is 0 Å². The van der Waals surface area contributed by atoms with Gasteiger partial charge in [-0.05, 0) is 18.2 Å². The first-order chi connectivity index (χ1) is 11.3. The molecule has 1 aromatic carbocycles. The molecule has 1 heterocycles. The molecule has 1 aliphatic rings. The molecule has 1 aliphatic heterocycles. The molecular weight excluding hydrogens is 325 g/mol. The Balaban J connectivity index is 1.89. The highest BCUT2D eigenvalue weighted by molar-refractivity contribution is 5.89. The van der Waals surface area contributed by atoms with Crippen molar-refractivity contribution in [1.29, 1.82) is 0 Å². The zero-order valence-corrected chi connectivity index (χ0v) is 13.2. The van der Waals surface area contributed by atoms with Crippen LogP contribution in [0.1, 0.15) is 5.56 Å². The summed E-state index contributed by atoms with van der Waals surface area (Å²) in [4.78, 5) is 26.9. The Hall–Kier alpha value is -2.29. The fourth-order valence-electron chi connectivity index (χ4n) is 2.37. The third kappa shape index (κ3) is 4.85. The van der Waals surface area contributed by atoms with Gasteiger partial charge >= 0.3 is 12.2 Å². The molecule has 0 spiro atoms. The van der Waals surface area contributed by atoms with Crippen LogP contribution in [0.5, 0.6) is 0 Å². The SMILES string of the molecule is CNC(=O)CN1CCN(C(=O)Nc2cccc(C(F)(F)F)c2)CC1. The summed E-state index contributed by atoms with van der Waals surface area (Å²) in [5.41, 5.74) is -0.710. The molecule has 2 rings (SSSR count). The van der Waals surface area contributed by atoms with Crippen LogP contribution in [0.15, 0.2) is 24.3 Å². The minimum absolute atomic E-state index is 0.0996. The monoisotopic (exact) mass is 344 g/mol. The fraction of sp³-hybridized carbons (Fsp3) is 0.467. The van der Waals surface area contributed by atoms with E-state index >= 15 is 0 Å². The number of alkyl halides is 3. The smallest absolute Gasteiger partial charge is 0.358 e. The summed E-state index contributed by atoms with van der Waals surface area (Å²) in [7, 11) is 1.56. The van der Waals surface area contributed by atoms with Crippen molar-refractivity contribution in [3.05, 3.63) is 29.8 Å². The molecule has 0 unspecified atom stereocenters. The van der Waals surface area contributed by atoms with E-state index in [0.29, 0.717) is 26.2 Å². The summed E-state index contributed by atoms with van der Waals surface area (Å²) < 4.78 is 38.0. The summed E-state index contributed by atoms with van der Waals surface area (Å²) in [6.07, 6.45) is -4.45. The maximum absolute atomic E-state index is 12.7. The predicted octanol–water partition coefficient (Wildman–Crippen LogP) is 1.60. The molecule has 1 saturated heterocycles. The van der Waals surface area contributed by atoms with Crippen LogP contribution in [0.3, 0.4) is 0 Å². The number of rotatable bonds is 3. The van der Waals surface area contributed by atoms with Gasteiger partial charge in [0.25, 0.3) is 0 Å². The summed E-state index contributed by atoms with van der Waals surface area (Å²) in [5.74, 6) is -0.100. The van der Waals surface area contributed by atoms with Crippen molar-refractivity contribution in [2.24, 2.45) is 0 Å². The van der Waals surface area contributed by atoms with E-state index in [4.69, 9.17) is 0 Å². The average molecular weight is 344 g/mol. The van der Waals surface area contributed by atoms with Crippen molar-refractivity contribution in [3.8, 4) is 0 Å². The van der Waals surface area contributed by atoms with E-state index in [2.05, 4.69) is 10.6 Å². The Bertz CT molecular complexity index is 599. The lowest BCUT2D eigenvalue weighted by Gasteiger charge is -2.34. The number of likely N-dealkylation sites (N-methyl/N-ethyl adjacent to an activating group) is 1. The lowest BCUT2D eigenvalue weighted by atomic mass is 10.2. The number of benzene rings is 1. The van der Waals surface area contributed by atoms with Crippen LogP contribution in [0.2, 0.25) is 0 Å². The van der Waals surface area contributed by atoms with Gasteiger partial charge in [-0.15, -0.1) is 0 Å². The van der Waals surface area contributed by atoms with Crippen molar-refractivity contribution >= 4 is 17.6 Å². The molecule has 0 atom stereocenters. The number of hydrogen-bond donors (Lipinski definition) is 2. The van der Waals surface area contributed by atoms with Gasteiger partial charge < -0.3 is 15.5 Å². The van der Waals surface area contributed by atoms with Crippen LogP contribution in [-0.2, 0) is 11.0 Å². The maximum atomic E-state index is 12.7. The molecule has 9 heteroatoms. The van der Waals surface area contributed by atoms with Crippen LogP contribution in [0.25, 0.3) is 0 Å². The predicted molar refractivity (Wildman–Crippen MR) is 82.5 cm³/mol. The second kappa shape index (κ2) is 7.52. The zero-order valence-electron chi connectivity index (χ0n) is 13.2. The number of piperazine rings is 1. The molecular formula is C15H19F3N4O2. The van der Waals surface area contributed by atoms with Crippen molar-refractivity contribution < 1.29 is 22.8 Å². The fourth-order valence-corrected chi connectivity index (χ4v) is 2.37. The zero-order chi connectivity index (χ0) is 17.7. The van der Waals surface area contributed by atoms with E-state index in [1.54, 1.807) is 7.05 Å². The van der Waals surface area contributed by atoms with Gasteiger partial charge in [-0.25, -0.2) is 4.79 Å². The highest BCUT2D eigenvalue weighted by Crippen LogP contribution is 2.30. The second-order valence-electron chi connectivity index (χ2n) is 5.45. The largest absolute Gasteiger partial charge is 0.416 e. The van der Waals surface area contributed by atoms with Crippen LogP contribution >= 0.6 is 0 Å². The maximum Gasteiger partial charge on any atom is 0.416 e. The lowest BCUT2D eigenvalue weighted by Crippen LogP contribution is -2.51.